The zero-order valence-corrected chi connectivity index (χ0v) is 16.1. The molecule has 0 aliphatic carbocycles. The lowest BCUT2D eigenvalue weighted by Gasteiger charge is -2.58. The van der Waals surface area contributed by atoms with Crippen LogP contribution in [0.15, 0.2) is 24.5 Å². The molecule has 25 heavy (non-hydrogen) atoms. The van der Waals surface area contributed by atoms with Crippen LogP contribution in [0.1, 0.15) is 18.4 Å². The van der Waals surface area contributed by atoms with E-state index < -0.39 is 10.2 Å². The second-order valence-electron chi connectivity index (χ2n) is 7.44. The molecule has 1 spiro atoms. The third-order valence-electron chi connectivity index (χ3n) is 5.43. The van der Waals surface area contributed by atoms with E-state index in [2.05, 4.69) is 16.9 Å². The van der Waals surface area contributed by atoms with Crippen LogP contribution in [0.2, 0.25) is 0 Å². The Labute approximate surface area is 150 Å². The fourth-order valence-electron chi connectivity index (χ4n) is 3.75. The summed E-state index contributed by atoms with van der Waals surface area (Å²) in [6.45, 7) is 3.42. The van der Waals surface area contributed by atoms with Crippen molar-refractivity contribution in [2.24, 2.45) is 5.92 Å². The Balaban J connectivity index is 1.53. The molecule has 0 N–H and O–H groups in total. The molecule has 7 nitrogen and oxygen atoms in total. The summed E-state index contributed by atoms with van der Waals surface area (Å²) in [7, 11) is 1.96. The molecular formula is C17H28N4O3S. The zero-order valence-electron chi connectivity index (χ0n) is 15.3. The van der Waals surface area contributed by atoms with Crippen molar-refractivity contribution in [3.8, 4) is 0 Å². The first kappa shape index (κ1) is 18.7. The van der Waals surface area contributed by atoms with Gasteiger partial charge in [0, 0.05) is 51.7 Å². The number of aromatic nitrogens is 1. The summed E-state index contributed by atoms with van der Waals surface area (Å²) in [5.41, 5.74) is 1.04. The van der Waals surface area contributed by atoms with Gasteiger partial charge in [-0.1, -0.05) is 6.07 Å². The molecule has 1 aromatic rings. The summed E-state index contributed by atoms with van der Waals surface area (Å²) in [6.07, 6.45) is 5.65. The third kappa shape index (κ3) is 3.88. The molecule has 2 fully saturated rings. The molecule has 0 amide bonds. The number of nitrogens with zero attached hydrogens (tertiary/aromatic N) is 4. The minimum Gasteiger partial charge on any atom is -0.376 e. The second-order valence-corrected chi connectivity index (χ2v) is 9.58. The maximum atomic E-state index is 12.3. The lowest BCUT2D eigenvalue weighted by molar-refractivity contribution is -0.0613. The molecule has 0 bridgehead atoms. The Morgan fingerprint density at radius 1 is 1.40 bits per heavy atom. The standard InChI is InChI=1S/C17H28N4O3S/c1-19(2)25(22,23)21-13-17(14-21)9-15(6-8-20(17)3)11-24-12-16-5-4-7-18-10-16/h4-5,7,10,15H,6,8-9,11-14H2,1-3H3. The number of likely N-dealkylation sites (tertiary alicyclic amines) is 1. The van der Waals surface area contributed by atoms with Crippen molar-refractivity contribution in [1.82, 2.24) is 18.5 Å². The molecular weight excluding hydrogens is 340 g/mol. The number of hydrogen-bond donors (Lipinski definition) is 0. The number of likely N-dealkylation sites (N-methyl/N-ethyl adjacent to an activating group) is 1. The average Bonchev–Trinajstić information content (AvgIpc) is 2.55. The Kier molecular flexibility index (Phi) is 5.45. The fourth-order valence-corrected chi connectivity index (χ4v) is 5.02. The molecule has 1 aromatic heterocycles. The van der Waals surface area contributed by atoms with E-state index in [1.165, 1.54) is 4.31 Å². The number of ether oxygens (including phenoxy) is 1. The maximum absolute atomic E-state index is 12.3. The first-order valence-corrected chi connectivity index (χ1v) is 10.1. The molecule has 2 saturated heterocycles. The van der Waals surface area contributed by atoms with E-state index in [-0.39, 0.29) is 5.54 Å². The van der Waals surface area contributed by atoms with Gasteiger partial charge in [0.25, 0.3) is 10.2 Å². The number of pyridine rings is 1. The summed E-state index contributed by atoms with van der Waals surface area (Å²) < 4.78 is 33.3. The van der Waals surface area contributed by atoms with Crippen LogP contribution in [-0.2, 0) is 21.6 Å². The highest BCUT2D eigenvalue weighted by Gasteiger charge is 2.53. The van der Waals surface area contributed by atoms with Crippen molar-refractivity contribution in [2.75, 3.05) is 47.4 Å². The van der Waals surface area contributed by atoms with Crippen molar-refractivity contribution < 1.29 is 13.2 Å². The molecule has 0 aromatic carbocycles. The molecule has 0 saturated carbocycles. The topological polar surface area (TPSA) is 66.0 Å². The van der Waals surface area contributed by atoms with Gasteiger partial charge in [-0.15, -0.1) is 0 Å². The van der Waals surface area contributed by atoms with Crippen LogP contribution >= 0.6 is 0 Å². The smallest absolute Gasteiger partial charge is 0.281 e. The van der Waals surface area contributed by atoms with Gasteiger partial charge in [0.15, 0.2) is 0 Å². The normalized spacial score (nSPS) is 24.6. The predicted molar refractivity (Wildman–Crippen MR) is 96.2 cm³/mol. The van der Waals surface area contributed by atoms with E-state index in [0.717, 1.165) is 24.9 Å². The summed E-state index contributed by atoms with van der Waals surface area (Å²) in [6, 6.07) is 3.93. The van der Waals surface area contributed by atoms with E-state index in [0.29, 0.717) is 32.2 Å². The Morgan fingerprint density at radius 2 is 2.16 bits per heavy atom. The van der Waals surface area contributed by atoms with Crippen LogP contribution in [0.25, 0.3) is 0 Å². The van der Waals surface area contributed by atoms with Gasteiger partial charge in [-0.25, -0.2) is 0 Å². The number of hydrogen-bond acceptors (Lipinski definition) is 5. The third-order valence-corrected chi connectivity index (χ3v) is 7.26. The van der Waals surface area contributed by atoms with Crippen molar-refractivity contribution >= 4 is 10.2 Å². The highest BCUT2D eigenvalue weighted by atomic mass is 32.2. The van der Waals surface area contributed by atoms with Gasteiger partial charge in [0.05, 0.1) is 6.61 Å². The second kappa shape index (κ2) is 7.28. The molecule has 2 aliphatic heterocycles. The van der Waals surface area contributed by atoms with Crippen molar-refractivity contribution in [3.63, 3.8) is 0 Å². The van der Waals surface area contributed by atoms with Crippen LogP contribution in [0, 0.1) is 5.92 Å². The Hall–Kier alpha value is -1.06. The van der Waals surface area contributed by atoms with Crippen molar-refractivity contribution in [3.05, 3.63) is 30.1 Å². The lowest BCUT2D eigenvalue weighted by atomic mass is 9.77. The van der Waals surface area contributed by atoms with Crippen LogP contribution < -0.4 is 0 Å². The van der Waals surface area contributed by atoms with Crippen LogP contribution in [0.5, 0.6) is 0 Å². The van der Waals surface area contributed by atoms with Gasteiger partial charge >= 0.3 is 0 Å². The van der Waals surface area contributed by atoms with Gasteiger partial charge in [-0.3, -0.25) is 9.88 Å². The quantitative estimate of drug-likeness (QED) is 0.743. The van der Waals surface area contributed by atoms with Gasteiger partial charge in [-0.2, -0.15) is 17.0 Å². The SMILES string of the molecule is CN1CCC(COCc2cccnc2)CC12CN(S(=O)(=O)N(C)C)C2. The first-order chi connectivity index (χ1) is 11.8. The van der Waals surface area contributed by atoms with E-state index in [1.54, 1.807) is 24.6 Å². The van der Waals surface area contributed by atoms with Gasteiger partial charge in [-0.05, 0) is 44.0 Å². The minimum absolute atomic E-state index is 0.0380. The average molecular weight is 369 g/mol. The zero-order chi connectivity index (χ0) is 18.1. The molecule has 0 radical (unpaired) electrons. The Bertz CT molecular complexity index is 674. The van der Waals surface area contributed by atoms with Gasteiger partial charge in [0.1, 0.15) is 0 Å². The summed E-state index contributed by atoms with van der Waals surface area (Å²) >= 11 is 0. The van der Waals surface area contributed by atoms with E-state index in [9.17, 15) is 8.42 Å². The minimum atomic E-state index is -3.31. The summed E-state index contributed by atoms with van der Waals surface area (Å²) in [5.74, 6) is 0.470. The highest BCUT2D eigenvalue weighted by Crippen LogP contribution is 2.39. The van der Waals surface area contributed by atoms with Gasteiger partial charge in [0.2, 0.25) is 0 Å². The molecule has 2 aliphatic rings. The first-order valence-electron chi connectivity index (χ1n) is 8.69. The van der Waals surface area contributed by atoms with E-state index >= 15 is 0 Å². The monoisotopic (exact) mass is 368 g/mol. The molecule has 3 heterocycles. The van der Waals surface area contributed by atoms with Crippen molar-refractivity contribution in [2.45, 2.75) is 25.0 Å². The van der Waals surface area contributed by atoms with Crippen LogP contribution in [-0.4, -0.2) is 79.8 Å². The Morgan fingerprint density at radius 3 is 2.80 bits per heavy atom. The summed E-state index contributed by atoms with van der Waals surface area (Å²) in [5, 5.41) is 0. The number of rotatable bonds is 6. The molecule has 8 heteroatoms. The fraction of sp³-hybridized carbons (Fsp3) is 0.706. The lowest BCUT2D eigenvalue weighted by Crippen LogP contribution is -2.73. The molecule has 1 unspecified atom stereocenters. The number of piperidine rings is 1. The van der Waals surface area contributed by atoms with E-state index in [4.69, 9.17) is 4.74 Å². The predicted octanol–water partition coefficient (Wildman–Crippen LogP) is 0.801. The van der Waals surface area contributed by atoms with Crippen molar-refractivity contribution in [1.29, 1.82) is 0 Å². The summed E-state index contributed by atoms with van der Waals surface area (Å²) in [4.78, 5) is 6.42. The molecule has 3 rings (SSSR count). The van der Waals surface area contributed by atoms with Crippen LogP contribution in [0.3, 0.4) is 0 Å². The highest BCUT2D eigenvalue weighted by molar-refractivity contribution is 7.86. The van der Waals surface area contributed by atoms with Gasteiger partial charge < -0.3 is 4.74 Å². The largest absolute Gasteiger partial charge is 0.376 e. The maximum Gasteiger partial charge on any atom is 0.281 e. The van der Waals surface area contributed by atoms with Crippen LogP contribution in [0.4, 0.5) is 0 Å². The van der Waals surface area contributed by atoms with E-state index in [1.807, 2.05) is 18.3 Å². The molecule has 1 atom stereocenters. The molecule has 140 valence electrons.